The van der Waals surface area contributed by atoms with Gasteiger partial charge in [0.25, 0.3) is 15.3 Å². The first-order valence-electron chi connectivity index (χ1n) is 7.46. The highest BCUT2D eigenvalue weighted by molar-refractivity contribution is 8.00. The molecular formula is C11H16N4O14S. The fourth-order valence-electron chi connectivity index (χ4n) is 1.53. The van der Waals surface area contributed by atoms with Gasteiger partial charge in [0.1, 0.15) is 32.5 Å². The molecule has 0 aliphatic rings. The van der Waals surface area contributed by atoms with Crippen molar-refractivity contribution in [2.24, 2.45) is 11.1 Å². The Hall–Kier alpha value is -3.48. The summed E-state index contributed by atoms with van der Waals surface area (Å²) in [4.78, 5) is 77.4. The molecule has 0 rings (SSSR count). The van der Waals surface area contributed by atoms with Gasteiger partial charge >= 0.3 is 11.9 Å². The first kappa shape index (κ1) is 26.5. The van der Waals surface area contributed by atoms with Crippen molar-refractivity contribution in [2.45, 2.75) is 6.04 Å². The Morgan fingerprint density at radius 2 is 1.37 bits per heavy atom. The van der Waals surface area contributed by atoms with E-state index in [4.69, 9.17) is 10.8 Å². The van der Waals surface area contributed by atoms with Crippen LogP contribution in [0, 0.1) is 35.8 Å². The molecule has 0 aromatic rings. The molecule has 1 atom stereocenters. The number of esters is 1. The van der Waals surface area contributed by atoms with Crippen LogP contribution in [0.4, 0.5) is 0 Å². The Kier molecular flexibility index (Phi) is 11.4. The third-order valence-corrected chi connectivity index (χ3v) is 4.07. The maximum atomic E-state index is 11.8. The van der Waals surface area contributed by atoms with E-state index in [1.165, 1.54) is 0 Å². The number of thioether (sulfide) groups is 1. The van der Waals surface area contributed by atoms with Crippen molar-refractivity contribution < 1.29 is 54.0 Å². The van der Waals surface area contributed by atoms with Crippen molar-refractivity contribution in [3.05, 3.63) is 30.3 Å². The van der Waals surface area contributed by atoms with E-state index in [0.29, 0.717) is 11.8 Å². The molecule has 170 valence electrons. The van der Waals surface area contributed by atoms with Crippen molar-refractivity contribution in [3.8, 4) is 0 Å². The molecule has 0 radical (unpaired) electrons. The minimum absolute atomic E-state index is 0.206. The number of carboxylic acid groups (broad SMARTS) is 1. The third kappa shape index (κ3) is 11.4. The second-order valence-electron chi connectivity index (χ2n) is 5.45. The van der Waals surface area contributed by atoms with Gasteiger partial charge in [-0.2, -0.15) is 11.8 Å². The molecule has 0 spiro atoms. The highest BCUT2D eigenvalue weighted by Crippen LogP contribution is 2.21. The van der Waals surface area contributed by atoms with Crippen LogP contribution in [-0.4, -0.2) is 82.1 Å². The lowest BCUT2D eigenvalue weighted by Crippen LogP contribution is -2.44. The summed E-state index contributed by atoms with van der Waals surface area (Å²) in [7, 11) is 0. The highest BCUT2D eigenvalue weighted by atomic mass is 32.2. The second kappa shape index (κ2) is 12.9. The topological polar surface area (TPSA) is 264 Å². The lowest BCUT2D eigenvalue weighted by atomic mass is 9.92. The smallest absolute Gasteiger partial charge is 0.375 e. The van der Waals surface area contributed by atoms with E-state index in [0.717, 1.165) is 0 Å². The van der Waals surface area contributed by atoms with Crippen molar-refractivity contribution in [3.63, 3.8) is 0 Å². The van der Waals surface area contributed by atoms with Gasteiger partial charge in [-0.1, -0.05) is 0 Å². The largest absolute Gasteiger partial charge is 0.480 e. The zero-order chi connectivity index (χ0) is 23.3. The van der Waals surface area contributed by atoms with Gasteiger partial charge in [-0.15, -0.1) is 30.3 Å². The molecule has 0 amide bonds. The number of rotatable bonds is 17. The Morgan fingerprint density at radius 1 is 0.933 bits per heavy atom. The predicted molar refractivity (Wildman–Crippen MR) is 90.2 cm³/mol. The Bertz CT molecular complexity index is 627. The Balaban J connectivity index is 5.06. The Morgan fingerprint density at radius 3 is 1.73 bits per heavy atom. The number of ketones is 1. The average Bonchev–Trinajstić information content (AvgIpc) is 2.65. The maximum absolute atomic E-state index is 11.8. The molecule has 0 aliphatic carbocycles. The number of Topliss-reactive ketones (excluding diaryl/α,β-unsaturated/α-hetero) is 1. The number of carbonyl (C=O) groups is 3. The number of aliphatic carboxylic acids is 1. The summed E-state index contributed by atoms with van der Waals surface area (Å²) in [5.74, 6) is -4.73. The molecule has 19 heteroatoms. The van der Waals surface area contributed by atoms with Crippen LogP contribution in [0.2, 0.25) is 0 Å². The Labute approximate surface area is 169 Å². The molecule has 0 fully saturated rings. The van der Waals surface area contributed by atoms with E-state index in [1.54, 1.807) is 0 Å². The first-order valence-corrected chi connectivity index (χ1v) is 8.62. The van der Waals surface area contributed by atoms with Gasteiger partial charge in [-0.3, -0.25) is 9.59 Å². The minimum Gasteiger partial charge on any atom is -0.480 e. The van der Waals surface area contributed by atoms with Gasteiger partial charge in [0.05, 0.1) is 11.2 Å². The third-order valence-electron chi connectivity index (χ3n) is 3.01. The van der Waals surface area contributed by atoms with Gasteiger partial charge in [-0.25, -0.2) is 4.79 Å². The van der Waals surface area contributed by atoms with E-state index in [1.807, 2.05) is 0 Å². The van der Waals surface area contributed by atoms with Crippen LogP contribution >= 0.6 is 11.8 Å². The van der Waals surface area contributed by atoms with Gasteiger partial charge in [0.2, 0.25) is 5.78 Å². The molecule has 3 N–H and O–H groups in total. The van der Waals surface area contributed by atoms with Crippen LogP contribution in [0.15, 0.2) is 0 Å². The molecule has 18 nitrogen and oxygen atoms in total. The fraction of sp³-hybridized carbons (Fsp3) is 0.727. The molecule has 0 unspecified atom stereocenters. The van der Waals surface area contributed by atoms with Gasteiger partial charge in [0.15, 0.2) is 0 Å². The molecule has 0 saturated heterocycles. The molecule has 0 heterocycles. The molecule has 0 aliphatic heterocycles. The van der Waals surface area contributed by atoms with Crippen LogP contribution in [0.5, 0.6) is 0 Å². The van der Waals surface area contributed by atoms with E-state index in [9.17, 15) is 44.7 Å². The molecule has 30 heavy (non-hydrogen) atoms. The van der Waals surface area contributed by atoms with Gasteiger partial charge < -0.3 is 30.1 Å². The number of nitrogens with two attached hydrogens (primary N) is 1. The van der Waals surface area contributed by atoms with Gasteiger partial charge in [0, 0.05) is 5.75 Å². The van der Waals surface area contributed by atoms with E-state index in [-0.39, 0.29) is 5.75 Å². The molecule has 0 bridgehead atoms. The standard InChI is InChI=1S/C11H16N4O14S/c12-7(9(17)18)1-30-2-8(16)10(19)26-3-11(4-27-13(20)21,5-28-14(22)23)6-29-15(24)25/h7H,1-6,12H2,(H,17,18)/t7-/m0/s1. The second-order valence-corrected chi connectivity index (χ2v) is 6.48. The normalized spacial score (nSPS) is 11.6. The lowest BCUT2D eigenvalue weighted by Gasteiger charge is -2.29. The molecule has 0 aromatic carbocycles. The summed E-state index contributed by atoms with van der Waals surface area (Å²) < 4.78 is 4.61. The van der Waals surface area contributed by atoms with Crippen LogP contribution < -0.4 is 5.73 Å². The van der Waals surface area contributed by atoms with E-state index >= 15 is 0 Å². The quantitative estimate of drug-likeness (QED) is 0.101. The van der Waals surface area contributed by atoms with E-state index < -0.39 is 76.6 Å². The molecular weight excluding hydrogens is 444 g/mol. The molecule has 0 aromatic heterocycles. The monoisotopic (exact) mass is 460 g/mol. The number of hydrogen-bond donors (Lipinski definition) is 2. The summed E-state index contributed by atoms with van der Waals surface area (Å²) in [5.41, 5.74) is 3.12. The van der Waals surface area contributed by atoms with Crippen LogP contribution in [0.3, 0.4) is 0 Å². The maximum Gasteiger partial charge on any atom is 0.375 e. The summed E-state index contributed by atoms with van der Waals surface area (Å²) in [6.45, 7) is -4.26. The van der Waals surface area contributed by atoms with Crippen LogP contribution in [0.1, 0.15) is 0 Å². The van der Waals surface area contributed by atoms with Crippen LogP contribution in [0.25, 0.3) is 0 Å². The number of carbonyl (C=O) groups excluding carboxylic acids is 2. The number of carboxylic acids is 1. The highest BCUT2D eigenvalue weighted by Gasteiger charge is 2.38. The minimum atomic E-state index is -2.10. The number of ether oxygens (including phenoxy) is 1. The SMILES string of the molecule is N[C@@H](CSCC(=O)C(=O)OCC(CO[N+](=O)[O-])(CO[N+](=O)[O-])CO[N+](=O)[O-])C(=O)O. The first-order chi connectivity index (χ1) is 13.9. The van der Waals surface area contributed by atoms with E-state index in [2.05, 4.69) is 19.2 Å². The number of hydrogen-bond acceptors (Lipinski definition) is 15. The number of nitrogens with zero attached hydrogens (tertiary/aromatic N) is 3. The van der Waals surface area contributed by atoms with Crippen molar-refractivity contribution in [2.75, 3.05) is 37.9 Å². The average molecular weight is 460 g/mol. The van der Waals surface area contributed by atoms with Crippen molar-refractivity contribution in [1.82, 2.24) is 0 Å². The predicted octanol–water partition coefficient (Wildman–Crippen LogP) is -2.14. The fourth-order valence-corrected chi connectivity index (χ4v) is 2.34. The van der Waals surface area contributed by atoms with Crippen molar-refractivity contribution in [1.29, 1.82) is 0 Å². The molecule has 0 saturated carbocycles. The zero-order valence-corrected chi connectivity index (χ0v) is 15.7. The van der Waals surface area contributed by atoms with Gasteiger partial charge in [-0.05, 0) is 0 Å². The summed E-state index contributed by atoms with van der Waals surface area (Å²) >= 11 is 0.704. The summed E-state index contributed by atoms with van der Waals surface area (Å²) in [6, 6.07) is -1.29. The van der Waals surface area contributed by atoms with Crippen molar-refractivity contribution >= 4 is 29.5 Å². The van der Waals surface area contributed by atoms with Crippen LogP contribution in [-0.2, 0) is 33.6 Å². The summed E-state index contributed by atoms with van der Waals surface area (Å²) in [5, 5.41) is 35.9. The zero-order valence-electron chi connectivity index (χ0n) is 14.9. The summed E-state index contributed by atoms with van der Waals surface area (Å²) in [6.07, 6.45) is 0. The lowest BCUT2D eigenvalue weighted by molar-refractivity contribution is -0.782.